The molecule has 1 fully saturated rings. The molecule has 116 valence electrons. The predicted molar refractivity (Wildman–Crippen MR) is 84.4 cm³/mol. The lowest BCUT2D eigenvalue weighted by molar-refractivity contribution is -0.129. The molecule has 3 rings (SSSR count). The summed E-state index contributed by atoms with van der Waals surface area (Å²) in [5.41, 5.74) is 0.958. The molecule has 0 bridgehead atoms. The molecule has 3 heterocycles. The van der Waals surface area contributed by atoms with Crippen LogP contribution >= 0.6 is 0 Å². The fourth-order valence-corrected chi connectivity index (χ4v) is 2.71. The number of rotatable bonds is 5. The zero-order chi connectivity index (χ0) is 15.5. The molecule has 1 amide bonds. The van der Waals surface area contributed by atoms with Crippen molar-refractivity contribution >= 4 is 11.7 Å². The molecule has 1 saturated heterocycles. The molecule has 1 atom stereocenters. The van der Waals surface area contributed by atoms with Crippen LogP contribution in [0.15, 0.2) is 36.7 Å². The third-order valence-electron chi connectivity index (χ3n) is 3.88. The highest BCUT2D eigenvalue weighted by Gasteiger charge is 2.33. The van der Waals surface area contributed by atoms with E-state index in [1.54, 1.807) is 6.20 Å². The van der Waals surface area contributed by atoms with Gasteiger partial charge in [-0.1, -0.05) is 6.07 Å². The zero-order valence-electron chi connectivity index (χ0n) is 12.9. The van der Waals surface area contributed by atoms with Gasteiger partial charge in [0.05, 0.1) is 12.2 Å². The van der Waals surface area contributed by atoms with E-state index in [-0.39, 0.29) is 18.0 Å². The second-order valence-electron chi connectivity index (χ2n) is 5.83. The highest BCUT2D eigenvalue weighted by Crippen LogP contribution is 2.18. The number of carbonyl (C=O) groups excluding carboxylic acids is 1. The summed E-state index contributed by atoms with van der Waals surface area (Å²) in [4.78, 5) is 18.5. The molecule has 0 radical (unpaired) electrons. The average Bonchev–Trinajstić information content (AvgIpc) is 3.08. The molecule has 1 aliphatic heterocycles. The molecule has 0 saturated carbocycles. The monoisotopic (exact) mass is 299 g/mol. The van der Waals surface area contributed by atoms with Gasteiger partial charge in [-0.05, 0) is 32.4 Å². The van der Waals surface area contributed by atoms with Gasteiger partial charge < -0.3 is 10.2 Å². The third kappa shape index (κ3) is 3.10. The van der Waals surface area contributed by atoms with Crippen molar-refractivity contribution in [1.29, 1.82) is 0 Å². The van der Waals surface area contributed by atoms with Gasteiger partial charge in [-0.15, -0.1) is 0 Å². The van der Waals surface area contributed by atoms with Gasteiger partial charge in [0.15, 0.2) is 0 Å². The number of amides is 1. The van der Waals surface area contributed by atoms with Crippen LogP contribution in [0.25, 0.3) is 0 Å². The summed E-state index contributed by atoms with van der Waals surface area (Å²) < 4.78 is 1.82. The maximum atomic E-state index is 12.3. The first-order valence-electron chi connectivity index (χ1n) is 7.64. The van der Waals surface area contributed by atoms with E-state index in [1.807, 2.05) is 53.9 Å². The molecule has 2 aromatic heterocycles. The Bertz CT molecular complexity index is 637. The van der Waals surface area contributed by atoms with Crippen LogP contribution in [0, 0.1) is 0 Å². The van der Waals surface area contributed by atoms with Gasteiger partial charge in [-0.25, -0.2) is 0 Å². The standard InChI is InChI=1S/C16H21N5O/c1-12(2)21-10-6-14(16(21)22)18-15-7-9-20(19-15)11-13-5-3-4-8-17-13/h3-5,7-9,12,14H,6,10-11H2,1-2H3,(H,18,19)/t14-/m0/s1. The number of hydrogen-bond acceptors (Lipinski definition) is 4. The lowest BCUT2D eigenvalue weighted by atomic mass is 10.2. The van der Waals surface area contributed by atoms with Crippen molar-refractivity contribution in [1.82, 2.24) is 19.7 Å². The summed E-state index contributed by atoms with van der Waals surface area (Å²) in [6.45, 7) is 5.52. The minimum absolute atomic E-state index is 0.161. The van der Waals surface area contributed by atoms with Crippen molar-refractivity contribution in [2.24, 2.45) is 0 Å². The van der Waals surface area contributed by atoms with Gasteiger partial charge in [0, 0.05) is 31.0 Å². The van der Waals surface area contributed by atoms with Crippen LogP contribution in [0.1, 0.15) is 26.0 Å². The lowest BCUT2D eigenvalue weighted by Crippen LogP contribution is -2.37. The maximum Gasteiger partial charge on any atom is 0.245 e. The van der Waals surface area contributed by atoms with Crippen molar-refractivity contribution in [3.05, 3.63) is 42.4 Å². The van der Waals surface area contributed by atoms with E-state index in [9.17, 15) is 4.79 Å². The number of nitrogens with zero attached hydrogens (tertiary/aromatic N) is 4. The van der Waals surface area contributed by atoms with E-state index in [0.29, 0.717) is 6.54 Å². The molecule has 6 nitrogen and oxygen atoms in total. The zero-order valence-corrected chi connectivity index (χ0v) is 12.9. The molecule has 0 spiro atoms. The van der Waals surface area contributed by atoms with E-state index in [1.165, 1.54) is 0 Å². The Morgan fingerprint density at radius 2 is 2.23 bits per heavy atom. The third-order valence-corrected chi connectivity index (χ3v) is 3.88. The van der Waals surface area contributed by atoms with E-state index in [0.717, 1.165) is 24.5 Å². The molecule has 6 heteroatoms. The minimum atomic E-state index is -0.166. The van der Waals surface area contributed by atoms with Crippen molar-refractivity contribution < 1.29 is 4.79 Å². The maximum absolute atomic E-state index is 12.3. The molecule has 0 unspecified atom stereocenters. The Balaban J connectivity index is 1.62. The number of aromatic nitrogens is 3. The minimum Gasteiger partial charge on any atom is -0.357 e. The predicted octanol–water partition coefficient (Wildman–Crippen LogP) is 1.75. The van der Waals surface area contributed by atoms with Crippen LogP contribution in [0.2, 0.25) is 0 Å². The number of hydrogen-bond donors (Lipinski definition) is 1. The molecule has 22 heavy (non-hydrogen) atoms. The first-order chi connectivity index (χ1) is 10.6. The van der Waals surface area contributed by atoms with Gasteiger partial charge >= 0.3 is 0 Å². The smallest absolute Gasteiger partial charge is 0.245 e. The number of likely N-dealkylation sites (tertiary alicyclic amines) is 1. The molecule has 1 N–H and O–H groups in total. The van der Waals surface area contributed by atoms with E-state index >= 15 is 0 Å². The van der Waals surface area contributed by atoms with E-state index in [2.05, 4.69) is 15.4 Å². The normalized spacial score (nSPS) is 18.2. The number of pyridine rings is 1. The fraction of sp³-hybridized carbons (Fsp3) is 0.438. The Hall–Kier alpha value is -2.37. The van der Waals surface area contributed by atoms with Crippen molar-refractivity contribution in [3.8, 4) is 0 Å². The topological polar surface area (TPSA) is 63.1 Å². The molecule has 2 aromatic rings. The summed E-state index contributed by atoms with van der Waals surface area (Å²) in [6.07, 6.45) is 4.50. The van der Waals surface area contributed by atoms with Crippen LogP contribution in [0.5, 0.6) is 0 Å². The number of anilines is 1. The van der Waals surface area contributed by atoms with Crippen molar-refractivity contribution in [2.75, 3.05) is 11.9 Å². The van der Waals surface area contributed by atoms with E-state index in [4.69, 9.17) is 0 Å². The second-order valence-corrected chi connectivity index (χ2v) is 5.83. The van der Waals surface area contributed by atoms with Gasteiger partial charge in [0.25, 0.3) is 0 Å². The summed E-state index contributed by atoms with van der Waals surface area (Å²) in [6, 6.07) is 7.81. The second kappa shape index (κ2) is 6.17. The molecule has 1 aliphatic rings. The largest absolute Gasteiger partial charge is 0.357 e. The average molecular weight is 299 g/mol. The molecule has 0 aromatic carbocycles. The van der Waals surface area contributed by atoms with Crippen LogP contribution in [-0.4, -0.2) is 44.2 Å². The van der Waals surface area contributed by atoms with Gasteiger partial charge in [-0.2, -0.15) is 5.10 Å². The van der Waals surface area contributed by atoms with Crippen molar-refractivity contribution in [2.45, 2.75) is 38.9 Å². The Kier molecular flexibility index (Phi) is 4.09. The Morgan fingerprint density at radius 3 is 2.91 bits per heavy atom. The fourth-order valence-electron chi connectivity index (χ4n) is 2.71. The van der Waals surface area contributed by atoms with Crippen LogP contribution in [0.3, 0.4) is 0 Å². The highest BCUT2D eigenvalue weighted by atomic mass is 16.2. The number of carbonyl (C=O) groups is 1. The first-order valence-corrected chi connectivity index (χ1v) is 7.64. The molecular formula is C16H21N5O. The van der Waals surface area contributed by atoms with Gasteiger partial charge in [0.2, 0.25) is 5.91 Å². The van der Waals surface area contributed by atoms with Gasteiger partial charge in [-0.3, -0.25) is 14.5 Å². The van der Waals surface area contributed by atoms with Gasteiger partial charge in [0.1, 0.15) is 11.9 Å². The quantitative estimate of drug-likeness (QED) is 0.913. The Morgan fingerprint density at radius 1 is 1.36 bits per heavy atom. The Labute approximate surface area is 130 Å². The van der Waals surface area contributed by atoms with Crippen LogP contribution < -0.4 is 5.32 Å². The molecule has 0 aliphatic carbocycles. The van der Waals surface area contributed by atoms with Crippen LogP contribution in [-0.2, 0) is 11.3 Å². The summed E-state index contributed by atoms with van der Waals surface area (Å²) in [5, 5.41) is 7.71. The summed E-state index contributed by atoms with van der Waals surface area (Å²) in [7, 11) is 0. The van der Waals surface area contributed by atoms with Crippen LogP contribution in [0.4, 0.5) is 5.82 Å². The SMILES string of the molecule is CC(C)N1CC[C@H](Nc2ccn(Cc3ccccn3)n2)C1=O. The first kappa shape index (κ1) is 14.6. The number of nitrogens with one attached hydrogen (secondary N) is 1. The summed E-state index contributed by atoms with van der Waals surface area (Å²) >= 11 is 0. The lowest BCUT2D eigenvalue weighted by Gasteiger charge is -2.21. The summed E-state index contributed by atoms with van der Waals surface area (Å²) in [5.74, 6) is 0.897. The van der Waals surface area contributed by atoms with Crippen molar-refractivity contribution in [3.63, 3.8) is 0 Å². The van der Waals surface area contributed by atoms with E-state index < -0.39 is 0 Å². The highest BCUT2D eigenvalue weighted by molar-refractivity contribution is 5.86. The molecular weight excluding hydrogens is 278 g/mol.